The lowest BCUT2D eigenvalue weighted by molar-refractivity contribution is -0.394. The Kier molecular flexibility index (Phi) is 27.8. The van der Waals surface area contributed by atoms with Gasteiger partial charge < -0.3 is 91.2 Å². The summed E-state index contributed by atoms with van der Waals surface area (Å²) in [6.07, 6.45) is -23.6. The highest BCUT2D eigenvalue weighted by molar-refractivity contribution is 6.67. The van der Waals surface area contributed by atoms with E-state index in [0.29, 0.717) is 5.56 Å². The second-order valence-electron chi connectivity index (χ2n) is 22.6. The molecule has 0 radical (unpaired) electrons. The minimum absolute atomic E-state index is 0.0161. The SMILES string of the molecule is CC(=O)OC[C@H]1O[C@H](OCCCNC(=O)OCc2ccccc2)[C@@H](OC(C)=O)[C@@H](O[C@@H]2O[C@@H]3COC(c4ccccc4)O[C@@H]3[C@H](O[C@@H]3O[C@H](COCc4ccccc4)[C@@H](OCc4ccccc4)[C@H](OCc4ccccc4)[C@H]3OC(C)=O)[C@H]2NC(=O)OCC(Cl)(Cl)Cl)[C@@H]1OC(C)=O. The van der Waals surface area contributed by atoms with Gasteiger partial charge in [-0.15, -0.1) is 0 Å². The van der Waals surface area contributed by atoms with E-state index in [1.807, 2.05) is 109 Å². The molecule has 1 unspecified atom stereocenters. The number of alkyl halides is 3. The van der Waals surface area contributed by atoms with E-state index < -0.39 is 151 Å². The number of rotatable bonds is 29. The quantitative estimate of drug-likeness (QED) is 0.0196. The number of nitrogens with one attached hydrogen (secondary N) is 2. The number of hydrogen-bond acceptors (Lipinski definition) is 23. The molecule has 4 aliphatic rings. The summed E-state index contributed by atoms with van der Waals surface area (Å²) in [7, 11) is 0. The van der Waals surface area contributed by atoms with Crippen LogP contribution in [-0.4, -0.2) is 171 Å². The van der Waals surface area contributed by atoms with Crippen LogP contribution in [0.5, 0.6) is 0 Å². The van der Waals surface area contributed by atoms with Crippen LogP contribution in [0.15, 0.2) is 152 Å². The van der Waals surface area contributed by atoms with Crippen LogP contribution in [0.3, 0.4) is 0 Å². The van der Waals surface area contributed by atoms with E-state index in [9.17, 15) is 28.8 Å². The monoisotopic (exact) mass is 1390 g/mol. The minimum Gasteiger partial charge on any atom is -0.463 e. The molecule has 25 nitrogen and oxygen atoms in total. The summed E-state index contributed by atoms with van der Waals surface area (Å²) in [6.45, 7) is 2.76. The summed E-state index contributed by atoms with van der Waals surface area (Å²) in [6, 6.07) is 44.3. The van der Waals surface area contributed by atoms with Gasteiger partial charge in [0.1, 0.15) is 74.7 Å². The molecule has 2 amide bonds. The van der Waals surface area contributed by atoms with Crippen LogP contribution in [0.1, 0.15) is 68.2 Å². The van der Waals surface area contributed by atoms with E-state index in [0.717, 1.165) is 43.0 Å². The summed E-state index contributed by atoms with van der Waals surface area (Å²) in [5.41, 5.74) is 3.72. The second kappa shape index (κ2) is 36.5. The molecule has 4 aliphatic heterocycles. The van der Waals surface area contributed by atoms with Crippen LogP contribution < -0.4 is 10.6 Å². The Labute approximate surface area is 569 Å². The van der Waals surface area contributed by atoms with Crippen molar-refractivity contribution in [2.75, 3.05) is 39.6 Å². The molecule has 0 saturated carbocycles. The Morgan fingerprint density at radius 2 is 0.990 bits per heavy atom. The third-order valence-electron chi connectivity index (χ3n) is 15.2. The van der Waals surface area contributed by atoms with Crippen LogP contribution in [0.4, 0.5) is 9.59 Å². The third-order valence-corrected chi connectivity index (χ3v) is 15.6. The van der Waals surface area contributed by atoms with Crippen LogP contribution in [0.2, 0.25) is 0 Å². The summed E-state index contributed by atoms with van der Waals surface area (Å²) in [4.78, 5) is 80.1. The average molecular weight is 1400 g/mol. The molecule has 5 aromatic carbocycles. The molecule has 5 aromatic rings. The van der Waals surface area contributed by atoms with Gasteiger partial charge in [-0.25, -0.2) is 9.59 Å². The van der Waals surface area contributed by atoms with E-state index in [1.54, 1.807) is 42.5 Å². The predicted octanol–water partition coefficient (Wildman–Crippen LogP) is 8.59. The van der Waals surface area contributed by atoms with Gasteiger partial charge in [-0.05, 0) is 28.7 Å². The maximum absolute atomic E-state index is 14.5. The first-order valence-corrected chi connectivity index (χ1v) is 32.2. The summed E-state index contributed by atoms with van der Waals surface area (Å²) in [5, 5.41) is 5.42. The Hall–Kier alpha value is -7.05. The first-order valence-electron chi connectivity index (χ1n) is 31.1. The Bertz CT molecular complexity index is 3240. The van der Waals surface area contributed by atoms with Crippen molar-refractivity contribution in [2.45, 2.75) is 163 Å². The molecule has 4 fully saturated rings. The number of halogens is 3. The fourth-order valence-corrected chi connectivity index (χ4v) is 11.2. The van der Waals surface area contributed by atoms with E-state index in [2.05, 4.69) is 10.6 Å². The third kappa shape index (κ3) is 22.2. The molecule has 96 heavy (non-hydrogen) atoms. The van der Waals surface area contributed by atoms with Crippen molar-refractivity contribution in [1.29, 1.82) is 0 Å². The van der Waals surface area contributed by atoms with Crippen molar-refractivity contribution in [3.8, 4) is 0 Å². The lowest BCUT2D eigenvalue weighted by atomic mass is 9.93. The first-order chi connectivity index (χ1) is 46.3. The lowest BCUT2D eigenvalue weighted by Gasteiger charge is -2.53. The predicted molar refractivity (Wildman–Crippen MR) is 339 cm³/mol. The number of carbonyl (C=O) groups is 6. The minimum atomic E-state index is -2.13. The zero-order valence-corrected chi connectivity index (χ0v) is 55.2. The molecule has 9 rings (SSSR count). The van der Waals surface area contributed by atoms with Crippen LogP contribution in [-0.2, 0) is 126 Å². The van der Waals surface area contributed by atoms with Crippen molar-refractivity contribution in [2.24, 2.45) is 0 Å². The van der Waals surface area contributed by atoms with Crippen LogP contribution in [0, 0.1) is 0 Å². The molecule has 4 saturated heterocycles. The average Bonchev–Trinajstić information content (AvgIpc) is 0.757. The number of ether oxygens (including phenoxy) is 17. The van der Waals surface area contributed by atoms with Crippen molar-refractivity contribution < 1.29 is 109 Å². The van der Waals surface area contributed by atoms with Crippen molar-refractivity contribution in [3.05, 3.63) is 179 Å². The van der Waals surface area contributed by atoms with Gasteiger partial charge in [-0.1, -0.05) is 186 Å². The van der Waals surface area contributed by atoms with Gasteiger partial charge in [-0.3, -0.25) is 19.2 Å². The molecule has 28 heteroatoms. The van der Waals surface area contributed by atoms with Gasteiger partial charge in [0, 0.05) is 39.8 Å². The zero-order chi connectivity index (χ0) is 68.0. The molecular formula is C68H77Cl3N2O23. The number of amides is 2. The van der Waals surface area contributed by atoms with Crippen molar-refractivity contribution >= 4 is 70.9 Å². The van der Waals surface area contributed by atoms with Gasteiger partial charge in [0.25, 0.3) is 0 Å². The summed E-state index contributed by atoms with van der Waals surface area (Å²) < 4.78 is 106. The molecule has 0 aromatic heterocycles. The van der Waals surface area contributed by atoms with Gasteiger partial charge >= 0.3 is 36.1 Å². The molecule has 0 bridgehead atoms. The van der Waals surface area contributed by atoms with Crippen molar-refractivity contribution in [1.82, 2.24) is 10.6 Å². The summed E-state index contributed by atoms with van der Waals surface area (Å²) in [5.74, 6) is -3.32. The Morgan fingerprint density at radius 1 is 0.479 bits per heavy atom. The van der Waals surface area contributed by atoms with Gasteiger partial charge in [0.2, 0.25) is 3.79 Å². The highest BCUT2D eigenvalue weighted by Gasteiger charge is 2.60. The van der Waals surface area contributed by atoms with E-state index in [1.165, 1.54) is 6.92 Å². The molecule has 518 valence electrons. The van der Waals surface area contributed by atoms with Gasteiger partial charge in [0.05, 0.1) is 39.6 Å². The van der Waals surface area contributed by atoms with Crippen LogP contribution in [0.25, 0.3) is 0 Å². The standard InChI is InChI=1S/C68H77Cl3N2O23/c1-41(74)82-38-51-56(88-42(2)75)59(61(90-44(4)77)64(92-51)81-32-20-31-72-66(78)86-36-48-27-16-8-17-28-48)96-63-53(73-67(79)87-40-68(69,70)71)57(55-52(91-63)39-85-62(94-55)49-29-18-9-19-30-49)95-65-60(89-43(3)76)58(84-35-47-25-14-7-15-26-47)54(83-34-46-23-12-6-13-24-46)50(93-65)37-80-33-45-21-10-5-11-22-45/h5-19,21-30,50-65H,20,31-40H2,1-4H3,(H,72,78)(H,73,79)/t50-,51-,52-,53-,54-,55+,56-,57-,58+,59+,60-,61+,62?,63+,64+,65+/m1/s1. The topological polar surface area (TPSA) is 283 Å². The smallest absolute Gasteiger partial charge is 0.407 e. The van der Waals surface area contributed by atoms with Crippen molar-refractivity contribution in [3.63, 3.8) is 0 Å². The van der Waals surface area contributed by atoms with Gasteiger partial charge in [-0.2, -0.15) is 0 Å². The molecule has 2 N–H and O–H groups in total. The summed E-state index contributed by atoms with van der Waals surface area (Å²) >= 11 is 18.4. The fourth-order valence-electron chi connectivity index (χ4n) is 11.0. The highest BCUT2D eigenvalue weighted by Crippen LogP contribution is 2.41. The van der Waals surface area contributed by atoms with E-state index >= 15 is 0 Å². The zero-order valence-electron chi connectivity index (χ0n) is 53.0. The molecule has 16 atom stereocenters. The molecular weight excluding hydrogens is 1320 g/mol. The maximum atomic E-state index is 14.5. The molecule has 0 spiro atoms. The van der Waals surface area contributed by atoms with E-state index in [-0.39, 0.29) is 59.2 Å². The number of benzene rings is 5. The number of carbonyl (C=O) groups excluding carboxylic acids is 6. The maximum Gasteiger partial charge on any atom is 0.407 e. The normalized spacial score (nSPS) is 27.2. The number of esters is 4. The number of fused-ring (bicyclic) bond motifs is 1. The Balaban J connectivity index is 1.12. The fraction of sp³-hybridized carbons (Fsp3) is 0.471. The molecule has 4 heterocycles. The number of alkyl carbamates (subject to hydrolysis) is 2. The van der Waals surface area contributed by atoms with Crippen LogP contribution >= 0.6 is 34.8 Å². The van der Waals surface area contributed by atoms with Gasteiger partial charge in [0.15, 0.2) is 43.5 Å². The second-order valence-corrected chi connectivity index (χ2v) is 25.1. The highest BCUT2D eigenvalue weighted by atomic mass is 35.6. The number of hydrogen-bond donors (Lipinski definition) is 2. The lowest BCUT2D eigenvalue weighted by Crippen LogP contribution is -2.71. The van der Waals surface area contributed by atoms with E-state index in [4.69, 9.17) is 115 Å². The Morgan fingerprint density at radius 3 is 1.56 bits per heavy atom. The largest absolute Gasteiger partial charge is 0.463 e. The molecule has 0 aliphatic carbocycles. The first kappa shape index (κ1) is 73.2.